The van der Waals surface area contributed by atoms with Crippen molar-refractivity contribution in [2.45, 2.75) is 31.6 Å². The number of hydrogen-bond donors (Lipinski definition) is 2. The van der Waals surface area contributed by atoms with Crippen molar-refractivity contribution < 1.29 is 13.2 Å². The normalized spacial score (nSPS) is 11.4. The summed E-state index contributed by atoms with van der Waals surface area (Å²) in [5, 5.41) is 2.54. The number of nitrogens with one attached hydrogen (secondary N) is 2. The summed E-state index contributed by atoms with van der Waals surface area (Å²) in [6.45, 7) is 5.81. The van der Waals surface area contributed by atoms with Crippen LogP contribution in [0.1, 0.15) is 41.3 Å². The maximum atomic E-state index is 12.6. The average molecular weight is 346 g/mol. The van der Waals surface area contributed by atoms with Crippen LogP contribution < -0.4 is 10.0 Å². The fourth-order valence-corrected chi connectivity index (χ4v) is 3.49. The highest BCUT2D eigenvalue weighted by Gasteiger charge is 2.17. The van der Waals surface area contributed by atoms with Crippen molar-refractivity contribution in [2.24, 2.45) is 0 Å². The van der Waals surface area contributed by atoms with Crippen LogP contribution in [0.25, 0.3) is 0 Å². The second-order valence-electron chi connectivity index (χ2n) is 5.89. The van der Waals surface area contributed by atoms with Gasteiger partial charge in [-0.2, -0.15) is 0 Å². The lowest BCUT2D eigenvalue weighted by atomic mass is 10.0. The number of rotatable bonds is 5. The quantitative estimate of drug-likeness (QED) is 0.872. The van der Waals surface area contributed by atoms with Gasteiger partial charge in [0.05, 0.1) is 10.6 Å². The molecule has 5 nitrogen and oxygen atoms in total. The number of benzene rings is 2. The number of hydrogen-bond acceptors (Lipinski definition) is 3. The first-order chi connectivity index (χ1) is 11.3. The molecule has 0 saturated heterocycles. The summed E-state index contributed by atoms with van der Waals surface area (Å²) in [5.74, 6) is 0.0797. The maximum absolute atomic E-state index is 12.6. The summed E-state index contributed by atoms with van der Waals surface area (Å²) in [4.78, 5) is 12.0. The minimum atomic E-state index is -3.71. The maximum Gasteiger partial charge on any atom is 0.261 e. The van der Waals surface area contributed by atoms with Gasteiger partial charge in [0.2, 0.25) is 0 Å². The first-order valence-electron chi connectivity index (χ1n) is 7.70. The Morgan fingerprint density at radius 3 is 2.21 bits per heavy atom. The fraction of sp³-hybridized carbons (Fsp3) is 0.278. The van der Waals surface area contributed by atoms with Crippen LogP contribution >= 0.6 is 0 Å². The van der Waals surface area contributed by atoms with Gasteiger partial charge < -0.3 is 5.32 Å². The van der Waals surface area contributed by atoms with E-state index in [1.165, 1.54) is 7.05 Å². The van der Waals surface area contributed by atoms with E-state index < -0.39 is 10.0 Å². The highest BCUT2D eigenvalue weighted by Crippen LogP contribution is 2.23. The van der Waals surface area contributed by atoms with Gasteiger partial charge in [-0.1, -0.05) is 32.0 Å². The van der Waals surface area contributed by atoms with Gasteiger partial charge >= 0.3 is 0 Å². The minimum absolute atomic E-state index is 0.191. The lowest BCUT2D eigenvalue weighted by Gasteiger charge is -2.14. The summed E-state index contributed by atoms with van der Waals surface area (Å²) in [6.07, 6.45) is 0. The van der Waals surface area contributed by atoms with Gasteiger partial charge in [0.15, 0.2) is 0 Å². The van der Waals surface area contributed by atoms with E-state index in [4.69, 9.17) is 0 Å². The topological polar surface area (TPSA) is 75.3 Å². The van der Waals surface area contributed by atoms with E-state index in [1.807, 2.05) is 12.1 Å². The highest BCUT2D eigenvalue weighted by atomic mass is 32.2. The third-order valence-corrected chi connectivity index (χ3v) is 5.29. The van der Waals surface area contributed by atoms with Gasteiger partial charge in [-0.3, -0.25) is 9.52 Å². The monoisotopic (exact) mass is 346 g/mol. The Balaban J connectivity index is 2.34. The molecule has 2 aromatic rings. The predicted molar refractivity (Wildman–Crippen MR) is 95.9 cm³/mol. The Bertz CT molecular complexity index is 841. The third kappa shape index (κ3) is 3.76. The number of anilines is 1. The van der Waals surface area contributed by atoms with Crippen LogP contribution in [0.15, 0.2) is 47.4 Å². The molecule has 0 radical (unpaired) electrons. The summed E-state index contributed by atoms with van der Waals surface area (Å²) >= 11 is 0. The zero-order valence-corrected chi connectivity index (χ0v) is 15.1. The molecular weight excluding hydrogens is 324 g/mol. The molecule has 0 saturated carbocycles. The van der Waals surface area contributed by atoms with Crippen molar-refractivity contribution in [2.75, 3.05) is 11.8 Å². The zero-order valence-electron chi connectivity index (χ0n) is 14.3. The van der Waals surface area contributed by atoms with Gasteiger partial charge in [0.1, 0.15) is 0 Å². The van der Waals surface area contributed by atoms with E-state index in [-0.39, 0.29) is 10.8 Å². The molecule has 0 atom stereocenters. The lowest BCUT2D eigenvalue weighted by Crippen LogP contribution is -2.20. The second-order valence-corrected chi connectivity index (χ2v) is 7.57. The van der Waals surface area contributed by atoms with Crippen LogP contribution in [-0.4, -0.2) is 21.4 Å². The van der Waals surface area contributed by atoms with Crippen molar-refractivity contribution in [3.8, 4) is 0 Å². The average Bonchev–Trinajstić information content (AvgIpc) is 2.56. The first-order valence-corrected chi connectivity index (χ1v) is 9.19. The Labute approximate surface area is 143 Å². The number of sulfonamides is 1. The number of amides is 1. The van der Waals surface area contributed by atoms with Gasteiger partial charge in [-0.25, -0.2) is 8.42 Å². The van der Waals surface area contributed by atoms with Crippen LogP contribution in [0.5, 0.6) is 0 Å². The third-order valence-electron chi connectivity index (χ3n) is 3.91. The molecule has 0 aromatic heterocycles. The molecule has 0 heterocycles. The van der Waals surface area contributed by atoms with Crippen molar-refractivity contribution in [3.63, 3.8) is 0 Å². The molecule has 0 unspecified atom stereocenters. The van der Waals surface area contributed by atoms with Crippen molar-refractivity contribution in [3.05, 3.63) is 59.2 Å². The molecule has 0 spiro atoms. The summed E-state index contributed by atoms with van der Waals surface area (Å²) < 4.78 is 27.7. The zero-order chi connectivity index (χ0) is 17.9. The first kappa shape index (κ1) is 18.0. The standard InChI is InChI=1S/C18H22N2O3S/c1-12(2)14-8-10-15(11-9-14)24(22,23)20-17-7-5-6-16(13(17)3)18(21)19-4/h5-12,20H,1-4H3,(H,19,21). The predicted octanol–water partition coefficient (Wildman–Crippen LogP) is 3.28. The van der Waals surface area contributed by atoms with E-state index in [9.17, 15) is 13.2 Å². The molecule has 2 N–H and O–H groups in total. The van der Waals surface area contributed by atoms with Gasteiger partial charge in [0.25, 0.3) is 15.9 Å². The van der Waals surface area contributed by atoms with Crippen molar-refractivity contribution >= 4 is 21.6 Å². The Kier molecular flexibility index (Phi) is 5.29. The van der Waals surface area contributed by atoms with Crippen LogP contribution in [0.2, 0.25) is 0 Å². The van der Waals surface area contributed by atoms with E-state index >= 15 is 0 Å². The van der Waals surface area contributed by atoms with Gasteiger partial charge in [0, 0.05) is 12.6 Å². The summed E-state index contributed by atoms with van der Waals surface area (Å²) in [5.41, 5.74) is 2.49. The summed E-state index contributed by atoms with van der Waals surface area (Å²) in [6, 6.07) is 11.8. The van der Waals surface area contributed by atoms with E-state index in [0.717, 1.165) is 5.56 Å². The molecule has 2 rings (SSSR count). The van der Waals surface area contributed by atoms with Crippen LogP contribution in [0, 0.1) is 6.92 Å². The largest absolute Gasteiger partial charge is 0.355 e. The Morgan fingerprint density at radius 1 is 1.04 bits per heavy atom. The molecule has 1 amide bonds. The Hall–Kier alpha value is -2.34. The number of carbonyl (C=O) groups excluding carboxylic acids is 1. The molecule has 0 bridgehead atoms. The fourth-order valence-electron chi connectivity index (χ4n) is 2.36. The lowest BCUT2D eigenvalue weighted by molar-refractivity contribution is 0.0962. The van der Waals surface area contributed by atoms with E-state index in [0.29, 0.717) is 22.7 Å². The molecule has 2 aromatic carbocycles. The Morgan fingerprint density at radius 2 is 1.67 bits per heavy atom. The molecule has 0 aliphatic carbocycles. The van der Waals surface area contributed by atoms with Crippen LogP contribution in [0.4, 0.5) is 5.69 Å². The number of carbonyl (C=O) groups is 1. The molecule has 0 aliphatic heterocycles. The smallest absolute Gasteiger partial charge is 0.261 e. The van der Waals surface area contributed by atoms with Crippen LogP contribution in [0.3, 0.4) is 0 Å². The molecule has 6 heteroatoms. The SMILES string of the molecule is CNC(=O)c1cccc(NS(=O)(=O)c2ccc(C(C)C)cc2)c1C. The molecule has 24 heavy (non-hydrogen) atoms. The van der Waals surface area contributed by atoms with Crippen LogP contribution in [-0.2, 0) is 10.0 Å². The van der Waals surface area contributed by atoms with Gasteiger partial charge in [-0.15, -0.1) is 0 Å². The molecule has 128 valence electrons. The molecule has 0 aliphatic rings. The minimum Gasteiger partial charge on any atom is -0.355 e. The second kappa shape index (κ2) is 7.05. The van der Waals surface area contributed by atoms with E-state index in [1.54, 1.807) is 37.3 Å². The van der Waals surface area contributed by atoms with Crippen molar-refractivity contribution in [1.82, 2.24) is 5.32 Å². The van der Waals surface area contributed by atoms with Crippen molar-refractivity contribution in [1.29, 1.82) is 0 Å². The molecular formula is C18H22N2O3S. The molecule has 0 fully saturated rings. The highest BCUT2D eigenvalue weighted by molar-refractivity contribution is 7.92. The summed E-state index contributed by atoms with van der Waals surface area (Å²) in [7, 11) is -2.17. The van der Waals surface area contributed by atoms with E-state index in [2.05, 4.69) is 23.9 Å². The van der Waals surface area contributed by atoms with Gasteiger partial charge in [-0.05, 0) is 48.2 Å².